The van der Waals surface area contributed by atoms with Gasteiger partial charge in [-0.3, -0.25) is 0 Å². The fourth-order valence-electron chi connectivity index (χ4n) is 1.09. The predicted molar refractivity (Wildman–Crippen MR) is 48.3 cm³/mol. The Morgan fingerprint density at radius 1 is 1.40 bits per heavy atom. The van der Waals surface area contributed by atoms with Crippen LogP contribution in [-0.2, 0) is 6.54 Å². The smallest absolute Gasteiger partial charge is 0.388 e. The zero-order valence-electron chi connectivity index (χ0n) is 8.35. The molecule has 0 atom stereocenters. The molecular formula is C9H11F3N2O. The lowest BCUT2D eigenvalue weighted by molar-refractivity contribution is -0.276. The quantitative estimate of drug-likeness (QED) is 0.829. The first-order valence-electron chi connectivity index (χ1n) is 4.26. The number of pyridine rings is 1. The Morgan fingerprint density at radius 3 is 2.47 bits per heavy atom. The molecule has 0 amide bonds. The molecule has 0 aliphatic carbocycles. The van der Waals surface area contributed by atoms with Crippen LogP contribution < -0.4 is 10.5 Å². The van der Waals surface area contributed by atoms with Crippen molar-refractivity contribution in [2.75, 3.05) is 0 Å². The van der Waals surface area contributed by atoms with Gasteiger partial charge >= 0.3 is 6.36 Å². The fourth-order valence-corrected chi connectivity index (χ4v) is 1.09. The summed E-state index contributed by atoms with van der Waals surface area (Å²) in [6.45, 7) is 3.28. The molecule has 3 nitrogen and oxygen atoms in total. The molecule has 0 spiro atoms. The van der Waals surface area contributed by atoms with Gasteiger partial charge in [-0.15, -0.1) is 13.2 Å². The van der Waals surface area contributed by atoms with Gasteiger partial charge in [-0.1, -0.05) is 0 Å². The van der Waals surface area contributed by atoms with E-state index < -0.39 is 12.2 Å². The van der Waals surface area contributed by atoms with Gasteiger partial charge in [0, 0.05) is 12.1 Å². The van der Waals surface area contributed by atoms with Crippen LogP contribution in [0.15, 0.2) is 6.07 Å². The third-order valence-corrected chi connectivity index (χ3v) is 1.96. The molecule has 0 fully saturated rings. The first-order valence-corrected chi connectivity index (χ1v) is 4.26. The van der Waals surface area contributed by atoms with Gasteiger partial charge in [-0.2, -0.15) is 0 Å². The van der Waals surface area contributed by atoms with Gasteiger partial charge in [-0.25, -0.2) is 4.98 Å². The number of nitrogens with two attached hydrogens (primary N) is 1. The van der Waals surface area contributed by atoms with Crippen molar-refractivity contribution < 1.29 is 17.9 Å². The number of ether oxygens (including phenoxy) is 1. The molecule has 1 aromatic rings. The van der Waals surface area contributed by atoms with Gasteiger partial charge in [-0.05, 0) is 25.5 Å². The van der Waals surface area contributed by atoms with Crippen LogP contribution in [-0.4, -0.2) is 11.3 Å². The molecule has 0 bridgehead atoms. The normalized spacial score (nSPS) is 11.6. The predicted octanol–water partition coefficient (Wildman–Crippen LogP) is 2.06. The van der Waals surface area contributed by atoms with Gasteiger partial charge in [0.15, 0.2) is 0 Å². The van der Waals surface area contributed by atoms with Crippen LogP contribution in [0.1, 0.15) is 16.8 Å². The Labute approximate surface area is 85.1 Å². The summed E-state index contributed by atoms with van der Waals surface area (Å²) in [7, 11) is 0. The highest BCUT2D eigenvalue weighted by Gasteiger charge is 2.32. The SMILES string of the molecule is Cc1cc(CN)nc(OC(F)(F)F)c1C. The lowest BCUT2D eigenvalue weighted by atomic mass is 10.1. The first-order chi connectivity index (χ1) is 6.83. The van der Waals surface area contributed by atoms with Crippen LogP contribution in [0.2, 0.25) is 0 Å². The number of hydrogen-bond acceptors (Lipinski definition) is 3. The second-order valence-corrected chi connectivity index (χ2v) is 3.11. The van der Waals surface area contributed by atoms with E-state index in [-0.39, 0.29) is 6.54 Å². The van der Waals surface area contributed by atoms with Crippen molar-refractivity contribution in [1.29, 1.82) is 0 Å². The van der Waals surface area contributed by atoms with E-state index in [1.165, 1.54) is 6.92 Å². The Balaban J connectivity index is 3.11. The van der Waals surface area contributed by atoms with Crippen molar-refractivity contribution in [1.82, 2.24) is 4.98 Å². The molecule has 0 aliphatic heterocycles. The zero-order chi connectivity index (χ0) is 11.6. The van der Waals surface area contributed by atoms with Crippen molar-refractivity contribution in [2.45, 2.75) is 26.8 Å². The minimum absolute atomic E-state index is 0.0787. The van der Waals surface area contributed by atoms with Crippen LogP contribution in [0.5, 0.6) is 5.88 Å². The van der Waals surface area contributed by atoms with Crippen LogP contribution in [0.3, 0.4) is 0 Å². The molecule has 0 aliphatic rings. The molecule has 15 heavy (non-hydrogen) atoms. The molecule has 0 unspecified atom stereocenters. The van der Waals surface area contributed by atoms with E-state index in [2.05, 4.69) is 9.72 Å². The van der Waals surface area contributed by atoms with Crippen molar-refractivity contribution in [3.05, 3.63) is 22.9 Å². The minimum Gasteiger partial charge on any atom is -0.388 e. The standard InChI is InChI=1S/C9H11F3N2O/c1-5-3-7(4-13)14-8(6(5)2)15-9(10,11)12/h3H,4,13H2,1-2H3. The van der Waals surface area contributed by atoms with Crippen LogP contribution in [0.4, 0.5) is 13.2 Å². The second-order valence-electron chi connectivity index (χ2n) is 3.11. The topological polar surface area (TPSA) is 48.1 Å². The molecule has 0 radical (unpaired) electrons. The molecule has 2 N–H and O–H groups in total. The van der Waals surface area contributed by atoms with E-state index in [0.717, 1.165) is 0 Å². The average Bonchev–Trinajstić information content (AvgIpc) is 2.10. The van der Waals surface area contributed by atoms with Gasteiger partial charge in [0.05, 0.1) is 5.69 Å². The molecule has 1 heterocycles. The molecule has 1 aromatic heterocycles. The number of alkyl halides is 3. The number of rotatable bonds is 2. The van der Waals surface area contributed by atoms with Crippen LogP contribution in [0.25, 0.3) is 0 Å². The summed E-state index contributed by atoms with van der Waals surface area (Å²) in [5.41, 5.74) is 6.71. The van der Waals surface area contributed by atoms with E-state index in [9.17, 15) is 13.2 Å². The highest BCUT2D eigenvalue weighted by atomic mass is 19.4. The lowest BCUT2D eigenvalue weighted by Crippen LogP contribution is -2.19. The Morgan fingerprint density at radius 2 is 2.00 bits per heavy atom. The van der Waals surface area contributed by atoms with Crippen molar-refractivity contribution in [3.63, 3.8) is 0 Å². The van der Waals surface area contributed by atoms with Crippen LogP contribution in [0, 0.1) is 13.8 Å². The third-order valence-electron chi connectivity index (χ3n) is 1.96. The highest BCUT2D eigenvalue weighted by Crippen LogP contribution is 2.26. The van der Waals surface area contributed by atoms with E-state index in [1.54, 1.807) is 13.0 Å². The fraction of sp³-hybridized carbons (Fsp3) is 0.444. The van der Waals surface area contributed by atoms with Crippen LogP contribution >= 0.6 is 0 Å². The maximum atomic E-state index is 12.0. The summed E-state index contributed by atoms with van der Waals surface area (Å²) in [6.07, 6.45) is -4.72. The summed E-state index contributed by atoms with van der Waals surface area (Å²) < 4.78 is 39.8. The van der Waals surface area contributed by atoms with E-state index >= 15 is 0 Å². The van der Waals surface area contributed by atoms with Gasteiger partial charge in [0.2, 0.25) is 5.88 Å². The van der Waals surface area contributed by atoms with Gasteiger partial charge < -0.3 is 10.5 Å². The van der Waals surface area contributed by atoms with Gasteiger partial charge in [0.25, 0.3) is 0 Å². The maximum absolute atomic E-state index is 12.0. The van der Waals surface area contributed by atoms with E-state index in [4.69, 9.17) is 5.73 Å². The van der Waals surface area contributed by atoms with Crippen molar-refractivity contribution in [3.8, 4) is 5.88 Å². The molecule has 6 heteroatoms. The number of hydrogen-bond donors (Lipinski definition) is 1. The molecule has 0 aromatic carbocycles. The molecule has 84 valence electrons. The largest absolute Gasteiger partial charge is 0.574 e. The number of aryl methyl sites for hydroxylation is 1. The number of nitrogens with zero attached hydrogens (tertiary/aromatic N) is 1. The maximum Gasteiger partial charge on any atom is 0.574 e. The minimum atomic E-state index is -4.72. The molecule has 1 rings (SSSR count). The summed E-state index contributed by atoms with van der Waals surface area (Å²) >= 11 is 0. The first kappa shape index (κ1) is 11.8. The Hall–Kier alpha value is -1.30. The zero-order valence-corrected chi connectivity index (χ0v) is 8.35. The second kappa shape index (κ2) is 4.06. The van der Waals surface area contributed by atoms with Crippen molar-refractivity contribution in [2.24, 2.45) is 5.73 Å². The van der Waals surface area contributed by atoms with E-state index in [1.807, 2.05) is 0 Å². The van der Waals surface area contributed by atoms with Gasteiger partial charge in [0.1, 0.15) is 0 Å². The third kappa shape index (κ3) is 3.09. The average molecular weight is 220 g/mol. The Kier molecular flexibility index (Phi) is 3.18. The number of halogens is 3. The Bertz CT molecular complexity index is 363. The molecule has 0 saturated carbocycles. The van der Waals surface area contributed by atoms with Crippen molar-refractivity contribution >= 4 is 0 Å². The lowest BCUT2D eigenvalue weighted by Gasteiger charge is -2.12. The summed E-state index contributed by atoms with van der Waals surface area (Å²) in [5, 5.41) is 0. The molecule has 0 saturated heterocycles. The summed E-state index contributed by atoms with van der Waals surface area (Å²) in [4.78, 5) is 3.67. The summed E-state index contributed by atoms with van der Waals surface area (Å²) in [6, 6.07) is 1.64. The summed E-state index contributed by atoms with van der Waals surface area (Å²) in [5.74, 6) is -0.428. The van der Waals surface area contributed by atoms with E-state index in [0.29, 0.717) is 16.8 Å². The molecular weight excluding hydrogens is 209 g/mol. The highest BCUT2D eigenvalue weighted by molar-refractivity contribution is 5.34. The monoisotopic (exact) mass is 220 g/mol. The number of aromatic nitrogens is 1.